The van der Waals surface area contributed by atoms with Gasteiger partial charge in [0.25, 0.3) is 0 Å². The maximum atomic E-state index is 14.3. The van der Waals surface area contributed by atoms with E-state index in [0.717, 1.165) is 38.4 Å². The lowest BCUT2D eigenvalue weighted by Crippen LogP contribution is -2.36. The number of piperidine rings is 1. The lowest BCUT2D eigenvalue weighted by atomic mass is 9.81. The van der Waals surface area contributed by atoms with Gasteiger partial charge in [0.05, 0.1) is 0 Å². The van der Waals surface area contributed by atoms with Gasteiger partial charge < -0.3 is 9.64 Å². The molecule has 1 saturated heterocycles. The van der Waals surface area contributed by atoms with Gasteiger partial charge >= 0.3 is 0 Å². The van der Waals surface area contributed by atoms with E-state index in [1.54, 1.807) is 0 Å². The average molecular weight is 297 g/mol. The number of hydrogen-bond acceptors (Lipinski definition) is 2. The topological polar surface area (TPSA) is 12.5 Å². The van der Waals surface area contributed by atoms with Gasteiger partial charge in [0.2, 0.25) is 0 Å². The molecule has 21 heavy (non-hydrogen) atoms. The van der Waals surface area contributed by atoms with Crippen LogP contribution in [0, 0.1) is 11.6 Å². The van der Waals surface area contributed by atoms with Gasteiger partial charge in [-0.15, -0.1) is 0 Å². The number of benzene rings is 1. The van der Waals surface area contributed by atoms with Crippen LogP contribution in [0.4, 0.5) is 8.78 Å². The van der Waals surface area contributed by atoms with Crippen molar-refractivity contribution in [1.82, 2.24) is 4.90 Å². The molecule has 118 valence electrons. The van der Waals surface area contributed by atoms with Crippen molar-refractivity contribution in [2.75, 3.05) is 20.1 Å². The van der Waals surface area contributed by atoms with Crippen LogP contribution < -0.4 is 4.74 Å². The molecule has 4 heteroatoms. The summed E-state index contributed by atoms with van der Waals surface area (Å²) >= 11 is 0. The first-order chi connectivity index (χ1) is 9.83. The summed E-state index contributed by atoms with van der Waals surface area (Å²) in [6.07, 6.45) is 2.58. The molecule has 0 N–H and O–H groups in total. The van der Waals surface area contributed by atoms with Crippen LogP contribution in [0.2, 0.25) is 0 Å². The van der Waals surface area contributed by atoms with Gasteiger partial charge in [-0.3, -0.25) is 0 Å². The molecule has 0 radical (unpaired) electrons. The molecule has 0 spiro atoms. The first-order valence-corrected chi connectivity index (χ1v) is 7.68. The van der Waals surface area contributed by atoms with E-state index in [0.29, 0.717) is 11.3 Å². The van der Waals surface area contributed by atoms with Gasteiger partial charge in [0.15, 0.2) is 0 Å². The standard InChI is InChI=1S/C17H25F2NO/c1-5-17(2,3)16-14(19)10-12(18)11-15(16)21-13-6-8-20(4)9-7-13/h10-11,13H,5-9H2,1-4H3. The third kappa shape index (κ3) is 3.73. The molecule has 1 aromatic rings. The Morgan fingerprint density at radius 1 is 1.24 bits per heavy atom. The number of nitrogens with zero attached hydrogens (tertiary/aromatic N) is 1. The van der Waals surface area contributed by atoms with Crippen LogP contribution in [0.3, 0.4) is 0 Å². The second kappa shape index (κ2) is 6.30. The summed E-state index contributed by atoms with van der Waals surface area (Å²) in [4.78, 5) is 2.24. The Morgan fingerprint density at radius 3 is 2.43 bits per heavy atom. The van der Waals surface area contributed by atoms with E-state index in [4.69, 9.17) is 4.74 Å². The highest BCUT2D eigenvalue weighted by atomic mass is 19.1. The predicted octanol–water partition coefficient (Wildman–Crippen LogP) is 4.13. The Hall–Kier alpha value is -1.16. The van der Waals surface area contributed by atoms with E-state index in [-0.39, 0.29) is 11.5 Å². The van der Waals surface area contributed by atoms with E-state index >= 15 is 0 Å². The number of halogens is 2. The fourth-order valence-corrected chi connectivity index (χ4v) is 2.76. The summed E-state index contributed by atoms with van der Waals surface area (Å²) < 4.78 is 33.8. The molecule has 1 aliphatic rings. The molecule has 0 aliphatic carbocycles. The van der Waals surface area contributed by atoms with Crippen LogP contribution in [0.1, 0.15) is 45.6 Å². The summed E-state index contributed by atoms with van der Waals surface area (Å²) in [6, 6.07) is 2.28. The van der Waals surface area contributed by atoms with Crippen LogP contribution in [0.5, 0.6) is 5.75 Å². The monoisotopic (exact) mass is 297 g/mol. The van der Waals surface area contributed by atoms with Gasteiger partial charge in [-0.2, -0.15) is 0 Å². The van der Waals surface area contributed by atoms with Crippen molar-refractivity contribution >= 4 is 0 Å². The summed E-state index contributed by atoms with van der Waals surface area (Å²) in [5.41, 5.74) is 0.115. The first kappa shape index (κ1) is 16.2. The minimum atomic E-state index is -0.578. The smallest absolute Gasteiger partial charge is 0.133 e. The van der Waals surface area contributed by atoms with Crippen LogP contribution in [-0.4, -0.2) is 31.1 Å². The molecule has 0 saturated carbocycles. The zero-order chi connectivity index (χ0) is 15.6. The fraction of sp³-hybridized carbons (Fsp3) is 0.647. The highest BCUT2D eigenvalue weighted by Crippen LogP contribution is 2.38. The molecular weight excluding hydrogens is 272 g/mol. The number of hydrogen-bond donors (Lipinski definition) is 0. The molecule has 2 nitrogen and oxygen atoms in total. The highest BCUT2D eigenvalue weighted by molar-refractivity contribution is 5.40. The van der Waals surface area contributed by atoms with E-state index in [1.165, 1.54) is 6.07 Å². The predicted molar refractivity (Wildman–Crippen MR) is 80.8 cm³/mol. The van der Waals surface area contributed by atoms with Crippen molar-refractivity contribution in [1.29, 1.82) is 0 Å². The minimum Gasteiger partial charge on any atom is -0.490 e. The molecule has 1 fully saturated rings. The third-order valence-electron chi connectivity index (χ3n) is 4.54. The minimum absolute atomic E-state index is 0.0359. The molecule has 0 atom stereocenters. The van der Waals surface area contributed by atoms with Crippen LogP contribution in [-0.2, 0) is 5.41 Å². The normalized spacial score (nSPS) is 18.0. The maximum Gasteiger partial charge on any atom is 0.133 e. The van der Waals surface area contributed by atoms with Crippen molar-refractivity contribution in [2.45, 2.75) is 51.6 Å². The second-order valence-electron chi connectivity index (χ2n) is 6.62. The zero-order valence-corrected chi connectivity index (χ0v) is 13.4. The summed E-state index contributed by atoms with van der Waals surface area (Å²) in [5.74, 6) is -0.718. The van der Waals surface area contributed by atoms with Crippen molar-refractivity contribution < 1.29 is 13.5 Å². The zero-order valence-electron chi connectivity index (χ0n) is 13.4. The fourth-order valence-electron chi connectivity index (χ4n) is 2.76. The van der Waals surface area contributed by atoms with Crippen molar-refractivity contribution in [2.24, 2.45) is 0 Å². The van der Waals surface area contributed by atoms with E-state index in [2.05, 4.69) is 11.9 Å². The van der Waals surface area contributed by atoms with E-state index < -0.39 is 11.6 Å². The van der Waals surface area contributed by atoms with Crippen LogP contribution in [0.15, 0.2) is 12.1 Å². The molecule has 2 rings (SSSR count). The Bertz CT molecular complexity index is 494. The van der Waals surface area contributed by atoms with Crippen molar-refractivity contribution in [3.8, 4) is 5.75 Å². The largest absolute Gasteiger partial charge is 0.490 e. The van der Waals surface area contributed by atoms with Crippen molar-refractivity contribution in [3.05, 3.63) is 29.3 Å². The second-order valence-corrected chi connectivity index (χ2v) is 6.62. The number of ether oxygens (including phenoxy) is 1. The Balaban J connectivity index is 2.29. The van der Waals surface area contributed by atoms with Crippen LogP contribution >= 0.6 is 0 Å². The van der Waals surface area contributed by atoms with Crippen LogP contribution in [0.25, 0.3) is 0 Å². The molecule has 1 aliphatic heterocycles. The Morgan fingerprint density at radius 2 is 1.86 bits per heavy atom. The van der Waals surface area contributed by atoms with Gasteiger partial charge in [-0.25, -0.2) is 8.78 Å². The molecule has 1 aromatic carbocycles. The lowest BCUT2D eigenvalue weighted by Gasteiger charge is -2.32. The van der Waals surface area contributed by atoms with E-state index in [1.807, 2.05) is 20.8 Å². The molecule has 1 heterocycles. The SMILES string of the molecule is CCC(C)(C)c1c(F)cc(F)cc1OC1CCN(C)CC1. The molecule has 0 bridgehead atoms. The average Bonchev–Trinajstić information content (AvgIpc) is 2.40. The summed E-state index contributed by atoms with van der Waals surface area (Å²) in [5, 5.41) is 0. The van der Waals surface area contributed by atoms with Crippen molar-refractivity contribution in [3.63, 3.8) is 0 Å². The lowest BCUT2D eigenvalue weighted by molar-refractivity contribution is 0.111. The molecule has 0 aromatic heterocycles. The van der Waals surface area contributed by atoms with E-state index in [9.17, 15) is 8.78 Å². The van der Waals surface area contributed by atoms with Gasteiger partial charge in [0.1, 0.15) is 23.5 Å². The summed E-state index contributed by atoms with van der Waals surface area (Å²) in [7, 11) is 2.07. The first-order valence-electron chi connectivity index (χ1n) is 7.68. The number of likely N-dealkylation sites (tertiary alicyclic amines) is 1. The number of rotatable bonds is 4. The quantitative estimate of drug-likeness (QED) is 0.828. The van der Waals surface area contributed by atoms with Gasteiger partial charge in [-0.1, -0.05) is 20.8 Å². The molecular formula is C17H25F2NO. The molecule has 0 unspecified atom stereocenters. The highest BCUT2D eigenvalue weighted by Gasteiger charge is 2.29. The Kier molecular flexibility index (Phi) is 4.87. The third-order valence-corrected chi connectivity index (χ3v) is 4.54. The maximum absolute atomic E-state index is 14.3. The molecule has 0 amide bonds. The summed E-state index contributed by atoms with van der Waals surface area (Å²) in [6.45, 7) is 7.84. The van der Waals surface area contributed by atoms with Gasteiger partial charge in [0, 0.05) is 30.8 Å². The van der Waals surface area contributed by atoms with Gasteiger partial charge in [-0.05, 0) is 31.7 Å². The Labute approximate surface area is 126 Å².